The van der Waals surface area contributed by atoms with Gasteiger partial charge in [0.1, 0.15) is 5.78 Å². The molecular formula is C13H20BrN3O2. The van der Waals surface area contributed by atoms with E-state index in [-0.39, 0.29) is 17.7 Å². The van der Waals surface area contributed by atoms with E-state index in [1.165, 1.54) is 0 Å². The molecule has 1 aliphatic heterocycles. The molecule has 106 valence electrons. The van der Waals surface area contributed by atoms with Crippen LogP contribution in [0.5, 0.6) is 0 Å². The van der Waals surface area contributed by atoms with Gasteiger partial charge >= 0.3 is 0 Å². The number of carbonyl (C=O) groups excluding carboxylic acids is 1. The molecule has 2 heterocycles. The normalized spacial score (nSPS) is 22.9. The Morgan fingerprint density at radius 2 is 2.32 bits per heavy atom. The molecule has 2 atom stereocenters. The lowest BCUT2D eigenvalue weighted by Crippen LogP contribution is -2.39. The highest BCUT2D eigenvalue weighted by molar-refractivity contribution is 9.10. The molecule has 0 radical (unpaired) electrons. The Bertz CT molecular complexity index is 473. The zero-order valence-electron chi connectivity index (χ0n) is 11.6. The van der Waals surface area contributed by atoms with Gasteiger partial charge in [-0.25, -0.2) is 0 Å². The Hall–Kier alpha value is -0.720. The number of hydrogen-bond donors (Lipinski definition) is 1. The van der Waals surface area contributed by atoms with E-state index in [1.54, 1.807) is 4.68 Å². The summed E-state index contributed by atoms with van der Waals surface area (Å²) in [6, 6.07) is 0.144. The summed E-state index contributed by atoms with van der Waals surface area (Å²) in [5, 5.41) is 7.63. The Balaban J connectivity index is 2.08. The number of ether oxygens (including phenoxy) is 1. The van der Waals surface area contributed by atoms with Gasteiger partial charge in [0.05, 0.1) is 35.0 Å². The van der Waals surface area contributed by atoms with Crippen LogP contribution in [0, 0.1) is 12.8 Å². The average molecular weight is 330 g/mol. The van der Waals surface area contributed by atoms with Crippen molar-refractivity contribution in [2.45, 2.75) is 26.3 Å². The monoisotopic (exact) mass is 329 g/mol. The lowest BCUT2D eigenvalue weighted by molar-refractivity contribution is -0.122. The van der Waals surface area contributed by atoms with Crippen molar-refractivity contribution in [2.75, 3.05) is 19.8 Å². The predicted octanol–water partition coefficient (Wildman–Crippen LogP) is 1.23. The molecule has 1 N–H and O–H groups in total. The molecule has 0 aromatic carbocycles. The lowest BCUT2D eigenvalue weighted by atomic mass is 9.95. The quantitative estimate of drug-likeness (QED) is 0.882. The Kier molecular flexibility index (Phi) is 4.76. The first-order valence-corrected chi connectivity index (χ1v) is 7.35. The highest BCUT2D eigenvalue weighted by Gasteiger charge is 2.33. The number of nitrogens with zero attached hydrogens (tertiary/aromatic N) is 2. The molecule has 0 spiro atoms. The second kappa shape index (κ2) is 6.15. The molecule has 2 unspecified atom stereocenters. The number of aryl methyl sites for hydroxylation is 2. The van der Waals surface area contributed by atoms with Crippen molar-refractivity contribution >= 4 is 21.7 Å². The summed E-state index contributed by atoms with van der Waals surface area (Å²) >= 11 is 3.50. The summed E-state index contributed by atoms with van der Waals surface area (Å²) in [5.41, 5.74) is 1.85. The van der Waals surface area contributed by atoms with E-state index in [4.69, 9.17) is 4.74 Å². The van der Waals surface area contributed by atoms with Crippen LogP contribution in [0.15, 0.2) is 4.47 Å². The molecule has 1 aliphatic rings. The molecule has 0 amide bonds. The van der Waals surface area contributed by atoms with Gasteiger partial charge < -0.3 is 10.1 Å². The molecule has 2 rings (SSSR count). The standard InChI is InChI=1S/C13H20BrN3O2/c1-4-15-10-7-19-6-9(10)12(18)5-11-13(14)8(2)16-17(11)3/h9-10,15H,4-7H2,1-3H3. The van der Waals surface area contributed by atoms with Gasteiger partial charge in [0.15, 0.2) is 0 Å². The van der Waals surface area contributed by atoms with Gasteiger partial charge in [-0.2, -0.15) is 5.10 Å². The number of nitrogens with one attached hydrogen (secondary N) is 1. The number of halogens is 1. The van der Waals surface area contributed by atoms with Gasteiger partial charge in [0.2, 0.25) is 0 Å². The summed E-state index contributed by atoms with van der Waals surface area (Å²) in [6.45, 7) is 5.96. The van der Waals surface area contributed by atoms with Crippen molar-refractivity contribution in [3.8, 4) is 0 Å². The molecule has 0 bridgehead atoms. The molecule has 6 heteroatoms. The first-order valence-electron chi connectivity index (χ1n) is 6.56. The number of likely N-dealkylation sites (N-methyl/N-ethyl adjacent to an activating group) is 1. The maximum absolute atomic E-state index is 12.4. The molecule has 1 saturated heterocycles. The van der Waals surface area contributed by atoms with Crippen LogP contribution in [0.4, 0.5) is 0 Å². The third-order valence-corrected chi connectivity index (χ3v) is 4.60. The van der Waals surface area contributed by atoms with E-state index in [1.807, 2.05) is 20.9 Å². The first kappa shape index (κ1) is 14.7. The second-order valence-corrected chi connectivity index (χ2v) is 5.71. The van der Waals surface area contributed by atoms with E-state index < -0.39 is 0 Å². The highest BCUT2D eigenvalue weighted by Crippen LogP contribution is 2.23. The molecule has 0 aliphatic carbocycles. The van der Waals surface area contributed by atoms with Gasteiger partial charge in [-0.15, -0.1) is 0 Å². The van der Waals surface area contributed by atoms with Crippen LogP contribution in [0.1, 0.15) is 18.3 Å². The minimum absolute atomic E-state index is 0.0537. The summed E-state index contributed by atoms with van der Waals surface area (Å²) < 4.78 is 8.14. The third kappa shape index (κ3) is 3.07. The van der Waals surface area contributed by atoms with Crippen molar-refractivity contribution in [1.82, 2.24) is 15.1 Å². The number of aromatic nitrogens is 2. The Morgan fingerprint density at radius 1 is 1.58 bits per heavy atom. The van der Waals surface area contributed by atoms with E-state index in [0.717, 1.165) is 22.4 Å². The first-order chi connectivity index (χ1) is 9.04. The zero-order valence-corrected chi connectivity index (χ0v) is 13.2. The second-order valence-electron chi connectivity index (χ2n) is 4.92. The summed E-state index contributed by atoms with van der Waals surface area (Å²) in [6.07, 6.45) is 0.397. The number of ketones is 1. The number of carbonyl (C=O) groups is 1. The maximum atomic E-state index is 12.4. The zero-order chi connectivity index (χ0) is 14.0. The topological polar surface area (TPSA) is 56.1 Å². The van der Waals surface area contributed by atoms with Crippen molar-refractivity contribution in [3.63, 3.8) is 0 Å². The summed E-state index contributed by atoms with van der Waals surface area (Å²) in [4.78, 5) is 12.4. The van der Waals surface area contributed by atoms with Crippen molar-refractivity contribution in [1.29, 1.82) is 0 Å². The van der Waals surface area contributed by atoms with Gasteiger partial charge in [0, 0.05) is 19.5 Å². The van der Waals surface area contributed by atoms with Gasteiger partial charge in [-0.1, -0.05) is 6.92 Å². The van der Waals surface area contributed by atoms with Crippen LogP contribution < -0.4 is 5.32 Å². The fourth-order valence-corrected chi connectivity index (χ4v) is 2.98. The summed E-state index contributed by atoms with van der Waals surface area (Å²) in [5.74, 6) is 0.161. The van der Waals surface area contributed by atoms with Gasteiger partial charge in [-0.05, 0) is 29.4 Å². The SMILES string of the molecule is CCNC1COCC1C(=O)Cc1c(Br)c(C)nn1C. The number of Topliss-reactive ketones (excluding diaryl/α,β-unsaturated/α-hetero) is 1. The Labute approximate surface area is 121 Å². The molecule has 1 aromatic heterocycles. The van der Waals surface area contributed by atoms with E-state index >= 15 is 0 Å². The number of rotatable bonds is 5. The van der Waals surface area contributed by atoms with E-state index in [2.05, 4.69) is 26.3 Å². The van der Waals surface area contributed by atoms with E-state index in [0.29, 0.717) is 19.6 Å². The lowest BCUT2D eigenvalue weighted by Gasteiger charge is -2.17. The number of hydrogen-bond acceptors (Lipinski definition) is 4. The molecular weight excluding hydrogens is 310 g/mol. The van der Waals surface area contributed by atoms with Crippen molar-refractivity contribution in [2.24, 2.45) is 13.0 Å². The molecule has 1 fully saturated rings. The maximum Gasteiger partial charge on any atom is 0.145 e. The molecule has 0 saturated carbocycles. The largest absolute Gasteiger partial charge is 0.379 e. The fourth-order valence-electron chi connectivity index (χ4n) is 2.50. The molecule has 1 aromatic rings. The highest BCUT2D eigenvalue weighted by atomic mass is 79.9. The van der Waals surface area contributed by atoms with Crippen LogP contribution >= 0.6 is 15.9 Å². The van der Waals surface area contributed by atoms with Gasteiger partial charge in [-0.3, -0.25) is 9.48 Å². The smallest absolute Gasteiger partial charge is 0.145 e. The fraction of sp³-hybridized carbons (Fsp3) is 0.692. The molecule has 5 nitrogen and oxygen atoms in total. The summed E-state index contributed by atoms with van der Waals surface area (Å²) in [7, 11) is 1.87. The minimum atomic E-state index is -0.0537. The molecule has 19 heavy (non-hydrogen) atoms. The predicted molar refractivity (Wildman–Crippen MR) is 76.1 cm³/mol. The van der Waals surface area contributed by atoms with E-state index in [9.17, 15) is 4.79 Å². The average Bonchev–Trinajstić information content (AvgIpc) is 2.91. The van der Waals surface area contributed by atoms with Crippen molar-refractivity contribution in [3.05, 3.63) is 15.9 Å². The third-order valence-electron chi connectivity index (χ3n) is 3.56. The van der Waals surface area contributed by atoms with Crippen LogP contribution in [0.2, 0.25) is 0 Å². The van der Waals surface area contributed by atoms with Crippen LogP contribution in [-0.4, -0.2) is 41.4 Å². The van der Waals surface area contributed by atoms with Crippen LogP contribution in [-0.2, 0) is 23.0 Å². The Morgan fingerprint density at radius 3 is 2.89 bits per heavy atom. The minimum Gasteiger partial charge on any atom is -0.379 e. The van der Waals surface area contributed by atoms with Crippen molar-refractivity contribution < 1.29 is 9.53 Å². The van der Waals surface area contributed by atoms with Gasteiger partial charge in [0.25, 0.3) is 0 Å². The van der Waals surface area contributed by atoms with Crippen LogP contribution in [0.25, 0.3) is 0 Å². The van der Waals surface area contributed by atoms with Crippen LogP contribution in [0.3, 0.4) is 0 Å².